The molecule has 4 N–H and O–H groups in total. The molecule has 0 saturated heterocycles. The fraction of sp³-hybridized carbons (Fsp3) is 0.474. The van der Waals surface area contributed by atoms with Crippen molar-refractivity contribution in [2.24, 2.45) is 7.05 Å². The highest BCUT2D eigenvalue weighted by molar-refractivity contribution is 6.04. The van der Waals surface area contributed by atoms with Crippen LogP contribution in [0.2, 0.25) is 0 Å². The minimum atomic E-state index is -1.01. The van der Waals surface area contributed by atoms with Crippen LogP contribution in [0.1, 0.15) is 47.2 Å². The molecule has 0 aromatic carbocycles. The Labute approximate surface area is 162 Å². The van der Waals surface area contributed by atoms with Crippen molar-refractivity contribution in [1.82, 2.24) is 25.4 Å². The highest BCUT2D eigenvalue weighted by Gasteiger charge is 2.31. The molecule has 0 radical (unpaired) electrons. The molecule has 1 fully saturated rings. The van der Waals surface area contributed by atoms with Gasteiger partial charge in [0.05, 0.1) is 23.5 Å². The molecular formula is C19H24N6O3. The molecule has 1 aliphatic carbocycles. The number of hydrogen-bond donors (Lipinski definition) is 4. The number of aryl methyl sites for hydroxylation is 1. The van der Waals surface area contributed by atoms with Gasteiger partial charge in [-0.3, -0.25) is 9.48 Å². The summed E-state index contributed by atoms with van der Waals surface area (Å²) in [7, 11) is 1.82. The molecular weight excluding hydrogens is 360 g/mol. The van der Waals surface area contributed by atoms with Crippen LogP contribution in [0.25, 0.3) is 11.3 Å². The summed E-state index contributed by atoms with van der Waals surface area (Å²) in [4.78, 5) is 28.4. The Morgan fingerprint density at radius 1 is 1.32 bits per heavy atom. The Balaban J connectivity index is 1.73. The number of hydrogen-bond acceptors (Lipinski definition) is 5. The maximum Gasteiger partial charge on any atom is 0.404 e. The standard InChI is InChI=1S/C19H24N6O3/c1-10-12-8-20-18(26)15(12)16(11-7-21-25(2)9-11)24-17(10)22-13-5-3-4-6-14(13)23-19(27)28/h7,9,13-14,23H,3-6,8H2,1-2H3,(H,20,26)(H,22,24)(H,27,28)/t13-,14-/m1/s1. The summed E-state index contributed by atoms with van der Waals surface area (Å²) in [5, 5.41) is 22.3. The lowest BCUT2D eigenvalue weighted by Gasteiger charge is -2.33. The van der Waals surface area contributed by atoms with Crippen LogP contribution in [0.3, 0.4) is 0 Å². The van der Waals surface area contributed by atoms with E-state index < -0.39 is 6.09 Å². The quantitative estimate of drug-likeness (QED) is 0.640. The van der Waals surface area contributed by atoms with Crippen molar-refractivity contribution in [2.45, 2.75) is 51.2 Å². The summed E-state index contributed by atoms with van der Waals surface area (Å²) < 4.78 is 1.68. The van der Waals surface area contributed by atoms with Crippen LogP contribution in [0.4, 0.5) is 10.6 Å². The summed E-state index contributed by atoms with van der Waals surface area (Å²) in [6.07, 6.45) is 6.22. The molecule has 2 aliphatic rings. The Kier molecular flexibility index (Phi) is 4.66. The third-order valence-corrected chi connectivity index (χ3v) is 5.60. The van der Waals surface area contributed by atoms with Crippen molar-refractivity contribution < 1.29 is 14.7 Å². The van der Waals surface area contributed by atoms with Crippen LogP contribution in [0, 0.1) is 6.92 Å². The minimum Gasteiger partial charge on any atom is -0.465 e. The molecule has 1 aliphatic heterocycles. The molecule has 28 heavy (non-hydrogen) atoms. The predicted octanol–water partition coefficient (Wildman–Crippen LogP) is 2.02. The first kappa shape index (κ1) is 18.3. The summed E-state index contributed by atoms with van der Waals surface area (Å²) in [5.41, 5.74) is 3.83. The Morgan fingerprint density at radius 3 is 2.75 bits per heavy atom. The zero-order chi connectivity index (χ0) is 19.8. The maximum atomic E-state index is 12.4. The first-order valence-corrected chi connectivity index (χ1v) is 9.50. The molecule has 148 valence electrons. The average molecular weight is 384 g/mol. The average Bonchev–Trinajstić information content (AvgIpc) is 3.25. The topological polar surface area (TPSA) is 121 Å². The Hall–Kier alpha value is -3.10. The summed E-state index contributed by atoms with van der Waals surface area (Å²) in [6, 6.07) is -0.205. The molecule has 2 aromatic rings. The van der Waals surface area contributed by atoms with E-state index in [1.165, 1.54) is 0 Å². The van der Waals surface area contributed by atoms with E-state index in [4.69, 9.17) is 10.1 Å². The highest BCUT2D eigenvalue weighted by atomic mass is 16.4. The molecule has 9 nitrogen and oxygen atoms in total. The number of pyridine rings is 1. The zero-order valence-electron chi connectivity index (χ0n) is 16.0. The molecule has 2 aromatic heterocycles. The van der Waals surface area contributed by atoms with Gasteiger partial charge < -0.3 is 21.1 Å². The fourth-order valence-corrected chi connectivity index (χ4v) is 4.15. The fourth-order valence-electron chi connectivity index (χ4n) is 4.15. The number of carboxylic acid groups (broad SMARTS) is 1. The van der Waals surface area contributed by atoms with Crippen LogP contribution in [-0.2, 0) is 13.6 Å². The number of nitrogens with zero attached hydrogens (tertiary/aromatic N) is 3. The number of amides is 2. The molecule has 0 unspecified atom stereocenters. The predicted molar refractivity (Wildman–Crippen MR) is 103 cm³/mol. The van der Waals surface area contributed by atoms with Gasteiger partial charge in [-0.1, -0.05) is 12.8 Å². The second-order valence-corrected chi connectivity index (χ2v) is 7.46. The third kappa shape index (κ3) is 3.28. The number of fused-ring (bicyclic) bond motifs is 1. The SMILES string of the molecule is Cc1c(N[C@@H]2CCCC[C@H]2NC(=O)O)nc(-c2cnn(C)c2)c2c1CNC2=O. The van der Waals surface area contributed by atoms with Crippen molar-refractivity contribution in [3.8, 4) is 11.3 Å². The first-order valence-electron chi connectivity index (χ1n) is 9.50. The van der Waals surface area contributed by atoms with E-state index in [0.29, 0.717) is 23.6 Å². The summed E-state index contributed by atoms with van der Waals surface area (Å²) in [6.45, 7) is 2.41. The van der Waals surface area contributed by atoms with Gasteiger partial charge in [0.25, 0.3) is 5.91 Å². The number of aromatic nitrogens is 3. The van der Waals surface area contributed by atoms with E-state index in [9.17, 15) is 9.59 Å². The van der Waals surface area contributed by atoms with Gasteiger partial charge in [-0.05, 0) is 30.9 Å². The zero-order valence-corrected chi connectivity index (χ0v) is 16.0. The van der Waals surface area contributed by atoms with Gasteiger partial charge in [-0.25, -0.2) is 9.78 Å². The number of anilines is 1. The lowest BCUT2D eigenvalue weighted by Crippen LogP contribution is -2.48. The number of carbonyl (C=O) groups excluding carboxylic acids is 1. The van der Waals surface area contributed by atoms with Crippen LogP contribution in [0.15, 0.2) is 12.4 Å². The molecule has 4 rings (SSSR count). The number of rotatable bonds is 4. The molecule has 1 saturated carbocycles. The van der Waals surface area contributed by atoms with Crippen molar-refractivity contribution in [3.63, 3.8) is 0 Å². The van der Waals surface area contributed by atoms with Gasteiger partial charge in [-0.15, -0.1) is 0 Å². The van der Waals surface area contributed by atoms with Gasteiger partial charge in [0.2, 0.25) is 0 Å². The largest absolute Gasteiger partial charge is 0.465 e. The van der Waals surface area contributed by atoms with Crippen molar-refractivity contribution >= 4 is 17.8 Å². The first-order chi connectivity index (χ1) is 13.4. The van der Waals surface area contributed by atoms with Gasteiger partial charge in [0, 0.05) is 31.4 Å². The lowest BCUT2D eigenvalue weighted by atomic mass is 9.90. The van der Waals surface area contributed by atoms with Crippen LogP contribution in [0.5, 0.6) is 0 Å². The van der Waals surface area contributed by atoms with Gasteiger partial charge in [0.1, 0.15) is 5.82 Å². The van der Waals surface area contributed by atoms with Crippen LogP contribution >= 0.6 is 0 Å². The van der Waals surface area contributed by atoms with E-state index in [2.05, 4.69) is 21.0 Å². The molecule has 9 heteroatoms. The minimum absolute atomic E-state index is 0.0408. The molecule has 0 bridgehead atoms. The van der Waals surface area contributed by atoms with Crippen LogP contribution in [-0.4, -0.2) is 44.0 Å². The van der Waals surface area contributed by atoms with Gasteiger partial charge in [0.15, 0.2) is 0 Å². The van der Waals surface area contributed by atoms with Gasteiger partial charge in [-0.2, -0.15) is 5.10 Å². The molecule has 2 atom stereocenters. The lowest BCUT2D eigenvalue weighted by molar-refractivity contribution is 0.0966. The normalized spacial score (nSPS) is 21.1. The van der Waals surface area contributed by atoms with Gasteiger partial charge >= 0.3 is 6.09 Å². The van der Waals surface area contributed by atoms with Crippen molar-refractivity contribution in [1.29, 1.82) is 0 Å². The maximum absolute atomic E-state index is 12.4. The summed E-state index contributed by atoms with van der Waals surface area (Å²) in [5.74, 6) is 0.567. The van der Waals surface area contributed by atoms with Crippen molar-refractivity contribution in [2.75, 3.05) is 5.32 Å². The molecule has 3 heterocycles. The number of carbonyl (C=O) groups is 2. The summed E-state index contributed by atoms with van der Waals surface area (Å²) >= 11 is 0. The van der Waals surface area contributed by atoms with E-state index in [1.807, 2.05) is 20.2 Å². The van der Waals surface area contributed by atoms with E-state index in [0.717, 1.165) is 42.4 Å². The Bertz CT molecular complexity index is 938. The third-order valence-electron chi connectivity index (χ3n) is 5.60. The molecule has 2 amide bonds. The molecule has 0 spiro atoms. The van der Waals surface area contributed by atoms with Crippen molar-refractivity contribution in [3.05, 3.63) is 29.1 Å². The van der Waals surface area contributed by atoms with E-state index in [-0.39, 0.29) is 18.0 Å². The van der Waals surface area contributed by atoms with Crippen LogP contribution < -0.4 is 16.0 Å². The second-order valence-electron chi connectivity index (χ2n) is 7.46. The second kappa shape index (κ2) is 7.14. The van der Waals surface area contributed by atoms with E-state index >= 15 is 0 Å². The monoisotopic (exact) mass is 384 g/mol. The highest BCUT2D eigenvalue weighted by Crippen LogP contribution is 2.34. The van der Waals surface area contributed by atoms with E-state index in [1.54, 1.807) is 10.9 Å². The number of nitrogens with one attached hydrogen (secondary N) is 3. The smallest absolute Gasteiger partial charge is 0.404 e. The Morgan fingerprint density at radius 2 is 2.07 bits per heavy atom.